The lowest BCUT2D eigenvalue weighted by molar-refractivity contribution is 0.0981. The third-order valence-electron chi connectivity index (χ3n) is 6.37. The highest BCUT2D eigenvalue weighted by Gasteiger charge is 2.25. The topological polar surface area (TPSA) is 75.3 Å². The van der Waals surface area contributed by atoms with Crippen LogP contribution in [0.1, 0.15) is 66.1 Å². The molecular weight excluding hydrogens is 420 g/mol. The van der Waals surface area contributed by atoms with Crippen LogP contribution in [-0.4, -0.2) is 26.6 Å². The Balaban J connectivity index is 1.42. The van der Waals surface area contributed by atoms with Crippen molar-refractivity contribution in [3.05, 3.63) is 83.4 Å². The Morgan fingerprint density at radius 3 is 2.44 bits per heavy atom. The minimum Gasteiger partial charge on any atom is -0.307 e. The molecule has 3 aromatic rings. The van der Waals surface area contributed by atoms with Gasteiger partial charge < -0.3 is 5.32 Å². The van der Waals surface area contributed by atoms with Crippen molar-refractivity contribution in [2.45, 2.75) is 50.6 Å². The van der Waals surface area contributed by atoms with Crippen molar-refractivity contribution in [2.75, 3.05) is 6.26 Å². The fourth-order valence-corrected chi connectivity index (χ4v) is 5.30. The lowest BCUT2D eigenvalue weighted by atomic mass is 9.80. The number of hydrogen-bond donors (Lipinski definition) is 2. The van der Waals surface area contributed by atoms with Crippen LogP contribution in [0.5, 0.6) is 0 Å². The Morgan fingerprint density at radius 2 is 1.69 bits per heavy atom. The van der Waals surface area contributed by atoms with E-state index < -0.39 is 15.9 Å². The molecule has 3 atom stereocenters. The summed E-state index contributed by atoms with van der Waals surface area (Å²) in [5, 5.41) is 6.41. The fraction of sp³-hybridized carbons (Fsp3) is 0.346. The summed E-state index contributed by atoms with van der Waals surface area (Å²) in [4.78, 5) is 12.0. The monoisotopic (exact) mass is 450 g/mol. The second kappa shape index (κ2) is 9.43. The molecule has 0 saturated heterocycles. The van der Waals surface area contributed by atoms with Crippen molar-refractivity contribution >= 4 is 26.7 Å². The molecule has 1 amide bonds. The summed E-state index contributed by atoms with van der Waals surface area (Å²) in [7, 11) is -3.57. The van der Waals surface area contributed by atoms with Crippen LogP contribution in [0.15, 0.2) is 66.7 Å². The molecule has 4 rings (SSSR count). The van der Waals surface area contributed by atoms with Crippen molar-refractivity contribution in [1.29, 1.82) is 0 Å². The normalized spacial score (nSPS) is 20.1. The van der Waals surface area contributed by atoms with Gasteiger partial charge in [0.05, 0.1) is 6.26 Å². The minimum absolute atomic E-state index is 0.256. The molecule has 5 nitrogen and oxygen atoms in total. The van der Waals surface area contributed by atoms with Crippen LogP contribution in [0.4, 0.5) is 0 Å². The average molecular weight is 451 g/mol. The summed E-state index contributed by atoms with van der Waals surface area (Å²) >= 11 is 0. The van der Waals surface area contributed by atoms with E-state index in [1.165, 1.54) is 21.9 Å². The van der Waals surface area contributed by atoms with Crippen LogP contribution in [0.25, 0.3) is 10.8 Å². The molecule has 1 aliphatic rings. The van der Waals surface area contributed by atoms with Gasteiger partial charge in [0.25, 0.3) is 5.91 Å². The average Bonchev–Trinajstić information content (AvgIpc) is 2.78. The molecule has 0 heterocycles. The highest BCUT2D eigenvalue weighted by molar-refractivity contribution is 7.89. The molecule has 168 valence electrons. The van der Waals surface area contributed by atoms with Crippen LogP contribution < -0.4 is 10.0 Å². The number of hydrogen-bond acceptors (Lipinski definition) is 4. The van der Waals surface area contributed by atoms with E-state index in [-0.39, 0.29) is 6.04 Å². The highest BCUT2D eigenvalue weighted by atomic mass is 32.2. The van der Waals surface area contributed by atoms with Crippen LogP contribution in [0, 0.1) is 0 Å². The first-order valence-electron chi connectivity index (χ1n) is 11.2. The summed E-state index contributed by atoms with van der Waals surface area (Å²) in [6.45, 7) is 2.24. The Morgan fingerprint density at radius 1 is 0.969 bits per heavy atom. The van der Waals surface area contributed by atoms with E-state index in [2.05, 4.69) is 54.7 Å². The predicted molar refractivity (Wildman–Crippen MR) is 129 cm³/mol. The Hall–Kier alpha value is -2.70. The molecular formula is C26H30N2O3S. The first kappa shape index (κ1) is 22.5. The predicted octanol–water partition coefficient (Wildman–Crippen LogP) is 4.91. The van der Waals surface area contributed by atoms with E-state index in [4.69, 9.17) is 0 Å². The summed E-state index contributed by atoms with van der Waals surface area (Å²) in [6, 6.07) is 23.0. The van der Waals surface area contributed by atoms with Crippen molar-refractivity contribution in [2.24, 2.45) is 0 Å². The Labute approximate surface area is 190 Å². The van der Waals surface area contributed by atoms with E-state index in [9.17, 15) is 13.2 Å². The Kier molecular flexibility index (Phi) is 6.63. The van der Waals surface area contributed by atoms with E-state index in [1.54, 1.807) is 12.1 Å². The van der Waals surface area contributed by atoms with Gasteiger partial charge in [-0.15, -0.1) is 0 Å². The van der Waals surface area contributed by atoms with Crippen molar-refractivity contribution in [3.8, 4) is 0 Å². The summed E-state index contributed by atoms with van der Waals surface area (Å²) < 4.78 is 24.6. The molecule has 6 heteroatoms. The molecule has 0 unspecified atom stereocenters. The van der Waals surface area contributed by atoms with Crippen LogP contribution in [0.3, 0.4) is 0 Å². The molecule has 0 spiro atoms. The first-order valence-corrected chi connectivity index (χ1v) is 13.0. The summed E-state index contributed by atoms with van der Waals surface area (Å²) in [5.41, 5.74) is 2.88. The number of nitrogens with one attached hydrogen (secondary N) is 2. The Bertz CT molecular complexity index is 1200. The lowest BCUT2D eigenvalue weighted by Crippen LogP contribution is -2.35. The largest absolute Gasteiger partial charge is 0.307 e. The minimum atomic E-state index is -3.57. The van der Waals surface area contributed by atoms with Gasteiger partial charge in [-0.1, -0.05) is 61.0 Å². The van der Waals surface area contributed by atoms with Gasteiger partial charge in [-0.05, 0) is 66.1 Å². The number of sulfonamides is 1. The zero-order chi connectivity index (χ0) is 22.7. The van der Waals surface area contributed by atoms with Gasteiger partial charge in [0.2, 0.25) is 10.0 Å². The summed E-state index contributed by atoms with van der Waals surface area (Å²) in [6.07, 6.45) is 5.45. The third kappa shape index (κ3) is 5.37. The standard InChI is InChI=1S/C26H30N2O3S/c1-18(24-12-6-8-20-7-3-4-11-25(20)24)27-23-10-5-9-22(17-23)19-13-15-21(16-14-19)26(29)28-32(2,30)31/h3-4,6-8,11-16,18,22-23,27H,5,9-10,17H2,1-2H3,(H,28,29)/t18-,22+,23+/m1/s1. The number of rotatable bonds is 6. The quantitative estimate of drug-likeness (QED) is 0.560. The van der Waals surface area contributed by atoms with Crippen molar-refractivity contribution < 1.29 is 13.2 Å². The van der Waals surface area contributed by atoms with Gasteiger partial charge in [0, 0.05) is 17.6 Å². The molecule has 0 bridgehead atoms. The molecule has 0 radical (unpaired) electrons. The molecule has 0 aliphatic heterocycles. The zero-order valence-electron chi connectivity index (χ0n) is 18.5. The van der Waals surface area contributed by atoms with E-state index in [0.717, 1.165) is 31.9 Å². The molecule has 2 N–H and O–H groups in total. The van der Waals surface area contributed by atoms with Crippen molar-refractivity contribution in [1.82, 2.24) is 10.0 Å². The van der Waals surface area contributed by atoms with Gasteiger partial charge in [-0.2, -0.15) is 0 Å². The second-order valence-corrected chi connectivity index (χ2v) is 10.6. The van der Waals surface area contributed by atoms with Crippen molar-refractivity contribution in [3.63, 3.8) is 0 Å². The maximum absolute atomic E-state index is 12.0. The maximum atomic E-state index is 12.0. The highest BCUT2D eigenvalue weighted by Crippen LogP contribution is 2.34. The summed E-state index contributed by atoms with van der Waals surface area (Å²) in [5.74, 6) is -0.167. The zero-order valence-corrected chi connectivity index (χ0v) is 19.4. The molecule has 1 aliphatic carbocycles. The number of benzene rings is 3. The van der Waals surface area contributed by atoms with Crippen LogP contribution >= 0.6 is 0 Å². The molecule has 0 aromatic heterocycles. The third-order valence-corrected chi connectivity index (χ3v) is 6.93. The fourth-order valence-electron chi connectivity index (χ4n) is 4.85. The van der Waals surface area contributed by atoms with Gasteiger partial charge in [-0.3, -0.25) is 4.79 Å². The maximum Gasteiger partial charge on any atom is 0.264 e. The van der Waals surface area contributed by atoms with Gasteiger partial charge in [0.15, 0.2) is 0 Å². The SMILES string of the molecule is C[C@@H](N[C@H]1CCC[C@H](c2ccc(C(=O)NS(C)(=O)=O)cc2)C1)c1cccc2ccccc12. The van der Waals surface area contributed by atoms with Crippen LogP contribution in [0.2, 0.25) is 0 Å². The second-order valence-electron chi connectivity index (χ2n) is 8.84. The van der Waals surface area contributed by atoms with Crippen LogP contribution in [-0.2, 0) is 10.0 Å². The smallest absolute Gasteiger partial charge is 0.264 e. The number of fused-ring (bicyclic) bond motifs is 1. The number of carbonyl (C=O) groups is 1. The molecule has 1 fully saturated rings. The van der Waals surface area contributed by atoms with E-state index >= 15 is 0 Å². The first-order chi connectivity index (χ1) is 15.3. The lowest BCUT2D eigenvalue weighted by Gasteiger charge is -2.32. The molecule has 1 saturated carbocycles. The molecule has 3 aromatic carbocycles. The van der Waals surface area contributed by atoms with E-state index in [0.29, 0.717) is 17.5 Å². The number of amides is 1. The van der Waals surface area contributed by atoms with E-state index in [1.807, 2.05) is 16.9 Å². The number of carbonyl (C=O) groups excluding carboxylic acids is 1. The van der Waals surface area contributed by atoms with Gasteiger partial charge in [0.1, 0.15) is 0 Å². The van der Waals surface area contributed by atoms with Gasteiger partial charge in [-0.25, -0.2) is 13.1 Å². The molecule has 32 heavy (non-hydrogen) atoms. The van der Waals surface area contributed by atoms with Gasteiger partial charge >= 0.3 is 0 Å².